The summed E-state index contributed by atoms with van der Waals surface area (Å²) in [4.78, 5) is 1.05. The van der Waals surface area contributed by atoms with Gasteiger partial charge in [-0.1, -0.05) is 29.3 Å². The summed E-state index contributed by atoms with van der Waals surface area (Å²) in [5, 5.41) is 22.8. The first kappa shape index (κ1) is 29.2. The number of amidine groups is 1. The molecule has 6 atom stereocenters. The van der Waals surface area contributed by atoms with Crippen LogP contribution >= 0.6 is 35.0 Å². The number of fused-ring (bicyclic) bond motifs is 1. The maximum absolute atomic E-state index is 14.2. The Balaban J connectivity index is 0.00000186. The van der Waals surface area contributed by atoms with Crippen LogP contribution in [0.15, 0.2) is 41.4 Å². The highest BCUT2D eigenvalue weighted by Crippen LogP contribution is 2.60. The van der Waals surface area contributed by atoms with Crippen LogP contribution in [0.3, 0.4) is 0 Å². The number of aryl methyl sites for hydroxylation is 2. The Kier molecular flexibility index (Phi) is 9.82. The van der Waals surface area contributed by atoms with Gasteiger partial charge in [-0.2, -0.15) is 0 Å². The Morgan fingerprint density at radius 3 is 2.46 bits per heavy atom. The minimum absolute atomic E-state index is 0.0596. The van der Waals surface area contributed by atoms with Gasteiger partial charge in [-0.05, 0) is 61.6 Å². The number of thioether (sulfide) groups is 1. The third kappa shape index (κ3) is 6.38. The molecule has 0 spiro atoms. The molecule has 0 saturated heterocycles. The molecule has 2 fully saturated rings. The molecule has 200 valence electrons. The average molecular weight is 569 g/mol. The quantitative estimate of drug-likeness (QED) is 0.0682. The molecule has 10 N–H and O–H groups in total. The van der Waals surface area contributed by atoms with Crippen molar-refractivity contribution < 1.29 is 9.50 Å². The van der Waals surface area contributed by atoms with Crippen molar-refractivity contribution in [2.75, 3.05) is 0 Å². The smallest absolute Gasteiger partial charge is 0.142 e. The van der Waals surface area contributed by atoms with E-state index in [9.17, 15) is 9.50 Å². The zero-order valence-corrected chi connectivity index (χ0v) is 22.8. The van der Waals surface area contributed by atoms with Gasteiger partial charge in [0.25, 0.3) is 0 Å². The summed E-state index contributed by atoms with van der Waals surface area (Å²) in [7, 11) is 0. The highest BCUT2D eigenvalue weighted by molar-refractivity contribution is 8.00. The van der Waals surface area contributed by atoms with Gasteiger partial charge in [0.2, 0.25) is 0 Å². The molecule has 0 aliphatic heterocycles. The number of aliphatic hydroxyl groups is 1. The molecule has 0 heterocycles. The number of nitrogens with one attached hydrogen (secondary N) is 5. The molecule has 2 saturated carbocycles. The number of rotatable bonds is 9. The molecule has 2 aromatic carbocycles. The first-order valence-electron chi connectivity index (χ1n) is 11.7. The van der Waals surface area contributed by atoms with Crippen LogP contribution in [-0.4, -0.2) is 28.3 Å². The lowest BCUT2D eigenvalue weighted by molar-refractivity contribution is 0.201. The number of hydrogen-bond donors (Lipinski definition) is 8. The van der Waals surface area contributed by atoms with Crippen LogP contribution in [0.1, 0.15) is 29.5 Å². The Morgan fingerprint density at radius 1 is 1.16 bits per heavy atom. The van der Waals surface area contributed by atoms with Gasteiger partial charge >= 0.3 is 0 Å². The largest absolute Gasteiger partial charge is 0.392 e. The number of benzene rings is 2. The Labute approximate surface area is 230 Å². The number of hydrazine groups is 1. The van der Waals surface area contributed by atoms with Crippen LogP contribution < -0.4 is 22.3 Å². The number of aliphatic hydroxyl groups excluding tert-OH is 1. The van der Waals surface area contributed by atoms with Gasteiger partial charge in [-0.3, -0.25) is 11.3 Å². The SMILES string of the molecule is Cc1ccc(SC2C(CCC(=N)N)C(N/C=C(\NN)c3cc(C)c(Cl)c(F)c3)C3C(O)C23)cc1Cl.N=N. The Bertz CT molecular complexity index is 1160. The first-order chi connectivity index (χ1) is 17.6. The molecule has 0 aromatic heterocycles. The Morgan fingerprint density at radius 2 is 1.86 bits per heavy atom. The molecule has 0 radical (unpaired) electrons. The first-order valence-corrected chi connectivity index (χ1v) is 13.3. The zero-order chi connectivity index (χ0) is 27.4. The normalized spacial score (nSPS) is 26.1. The molecule has 8 nitrogen and oxygen atoms in total. The molecule has 0 bridgehead atoms. The van der Waals surface area contributed by atoms with Gasteiger partial charge in [0.05, 0.1) is 22.7 Å². The van der Waals surface area contributed by atoms with Gasteiger partial charge in [-0.25, -0.2) is 15.5 Å². The topological polar surface area (TPSA) is 168 Å². The van der Waals surface area contributed by atoms with Gasteiger partial charge in [0, 0.05) is 51.2 Å². The summed E-state index contributed by atoms with van der Waals surface area (Å²) in [6.07, 6.45) is 2.48. The van der Waals surface area contributed by atoms with Crippen LogP contribution in [0.2, 0.25) is 10.0 Å². The highest BCUT2D eigenvalue weighted by atomic mass is 35.5. The van der Waals surface area contributed by atoms with Crippen molar-refractivity contribution in [1.29, 1.82) is 16.5 Å². The highest BCUT2D eigenvalue weighted by Gasteiger charge is 2.66. The molecule has 2 aromatic rings. The van der Waals surface area contributed by atoms with E-state index in [1.54, 1.807) is 31.0 Å². The van der Waals surface area contributed by atoms with E-state index in [-0.39, 0.29) is 39.9 Å². The lowest BCUT2D eigenvalue weighted by atomic mass is 9.92. The molecular formula is C25H32Cl2FN7OS. The number of nitrogens with two attached hydrogens (primary N) is 2. The predicted molar refractivity (Wildman–Crippen MR) is 147 cm³/mol. The lowest BCUT2D eigenvalue weighted by Crippen LogP contribution is -2.39. The van der Waals surface area contributed by atoms with E-state index in [1.165, 1.54) is 6.07 Å². The van der Waals surface area contributed by atoms with Crippen LogP contribution in [0.4, 0.5) is 4.39 Å². The van der Waals surface area contributed by atoms with E-state index in [1.807, 2.05) is 25.1 Å². The second kappa shape index (κ2) is 12.4. The van der Waals surface area contributed by atoms with Crippen LogP contribution in [0, 0.1) is 53.9 Å². The predicted octanol–water partition coefficient (Wildman–Crippen LogP) is 5.18. The van der Waals surface area contributed by atoms with Gasteiger partial charge in [-0.15, -0.1) is 11.8 Å². The van der Waals surface area contributed by atoms with Crippen molar-refractivity contribution >= 4 is 46.5 Å². The van der Waals surface area contributed by atoms with E-state index < -0.39 is 11.9 Å². The molecule has 2 aliphatic rings. The minimum Gasteiger partial charge on any atom is -0.392 e. The minimum atomic E-state index is -0.520. The number of halogens is 3. The third-order valence-corrected chi connectivity index (χ3v) is 9.38. The van der Waals surface area contributed by atoms with Crippen molar-refractivity contribution in [2.45, 2.75) is 49.0 Å². The summed E-state index contributed by atoms with van der Waals surface area (Å²) in [5.41, 5.74) is 21.0. The van der Waals surface area contributed by atoms with Crippen molar-refractivity contribution in [3.05, 3.63) is 69.1 Å². The maximum atomic E-state index is 14.2. The summed E-state index contributed by atoms with van der Waals surface area (Å²) in [6, 6.07) is 9.03. The standard InChI is InChI=1S/C25H30Cl2FN5OS.H2N2/c1-11-3-4-14(9-16(11)26)35-25-15(5-6-19(29)30)23(20-21(25)24(20)34)32-10-18(33-31)13-7-12(2)22(27)17(28)8-13;1-2/h3-4,7-10,15,20-21,23-25,32-34H,5-6,31H2,1-2H3,(H3,29,30);1-2H/b18-10-;. The van der Waals surface area contributed by atoms with Gasteiger partial charge in [0.1, 0.15) is 5.82 Å². The number of hydrogen-bond acceptors (Lipinski definition) is 8. The van der Waals surface area contributed by atoms with Crippen molar-refractivity contribution in [3.63, 3.8) is 0 Å². The van der Waals surface area contributed by atoms with Crippen molar-refractivity contribution in [2.24, 2.45) is 29.3 Å². The second-order valence-corrected chi connectivity index (χ2v) is 11.4. The third-order valence-electron chi connectivity index (χ3n) is 7.03. The molecule has 4 rings (SSSR count). The van der Waals surface area contributed by atoms with Crippen LogP contribution in [-0.2, 0) is 0 Å². The summed E-state index contributed by atoms with van der Waals surface area (Å²) < 4.78 is 14.2. The Hall–Kier alpha value is -2.37. The fourth-order valence-corrected chi connectivity index (χ4v) is 7.10. The molecular weight excluding hydrogens is 536 g/mol. The van der Waals surface area contributed by atoms with E-state index in [0.717, 1.165) is 10.5 Å². The average Bonchev–Trinajstić information content (AvgIpc) is 3.42. The zero-order valence-electron chi connectivity index (χ0n) is 20.5. The monoisotopic (exact) mass is 567 g/mol. The molecule has 6 unspecified atom stereocenters. The molecule has 37 heavy (non-hydrogen) atoms. The van der Waals surface area contributed by atoms with Crippen LogP contribution in [0.25, 0.3) is 5.70 Å². The second-order valence-electron chi connectivity index (χ2n) is 9.35. The lowest BCUT2D eigenvalue weighted by Gasteiger charge is -2.30. The van der Waals surface area contributed by atoms with E-state index in [2.05, 4.69) is 10.7 Å². The maximum Gasteiger partial charge on any atom is 0.142 e. The fourth-order valence-electron chi connectivity index (χ4n) is 5.12. The molecule has 0 amide bonds. The van der Waals surface area contributed by atoms with E-state index >= 15 is 0 Å². The van der Waals surface area contributed by atoms with Crippen LogP contribution in [0.5, 0.6) is 0 Å². The van der Waals surface area contributed by atoms with E-state index in [0.29, 0.717) is 34.7 Å². The van der Waals surface area contributed by atoms with Crippen molar-refractivity contribution in [3.8, 4) is 0 Å². The van der Waals surface area contributed by atoms with Gasteiger partial charge in [0.15, 0.2) is 0 Å². The molecule has 12 heteroatoms. The van der Waals surface area contributed by atoms with E-state index in [4.69, 9.17) is 51.2 Å². The fraction of sp³-hybridized carbons (Fsp3) is 0.400. The summed E-state index contributed by atoms with van der Waals surface area (Å²) >= 11 is 14.0. The van der Waals surface area contributed by atoms with Crippen molar-refractivity contribution in [1.82, 2.24) is 10.7 Å². The molecule has 2 aliphatic carbocycles. The summed E-state index contributed by atoms with van der Waals surface area (Å²) in [6.45, 7) is 3.70. The van der Waals surface area contributed by atoms with Gasteiger partial charge < -0.3 is 21.6 Å². The summed E-state index contributed by atoms with van der Waals surface area (Å²) in [5.74, 6) is 5.70.